The normalized spacial score (nSPS) is 16.2. The van der Waals surface area contributed by atoms with Gasteiger partial charge in [0.05, 0.1) is 35.6 Å². The monoisotopic (exact) mass is 461 g/mol. The van der Waals surface area contributed by atoms with E-state index in [9.17, 15) is 17.6 Å². The number of rotatable bonds is 6. The number of carbonyl (C=O) groups excluding carboxylic acids is 1. The zero-order valence-corrected chi connectivity index (χ0v) is 18.1. The minimum Gasteiger partial charge on any atom is -0.496 e. The molecule has 1 amide bonds. The topological polar surface area (TPSA) is 81.7 Å². The third-order valence-corrected chi connectivity index (χ3v) is 6.55. The Balaban J connectivity index is 0.00000300. The van der Waals surface area contributed by atoms with Crippen molar-refractivity contribution in [2.24, 2.45) is 5.92 Å². The lowest BCUT2D eigenvalue weighted by Crippen LogP contribution is -2.18. The highest BCUT2D eigenvalue weighted by molar-refractivity contribution is 7.91. The number of sulfone groups is 1. The molecule has 1 aliphatic heterocycles. The van der Waals surface area contributed by atoms with Crippen molar-refractivity contribution in [2.75, 3.05) is 31.4 Å². The van der Waals surface area contributed by atoms with Crippen LogP contribution in [0, 0.1) is 11.7 Å². The van der Waals surface area contributed by atoms with Gasteiger partial charge in [0, 0.05) is 11.6 Å². The summed E-state index contributed by atoms with van der Waals surface area (Å²) in [7, 11) is -2.26. The first kappa shape index (κ1) is 23.5. The summed E-state index contributed by atoms with van der Waals surface area (Å²) < 4.78 is 49.8. The van der Waals surface area contributed by atoms with Crippen molar-refractivity contribution >= 4 is 46.5 Å². The number of anilines is 1. The molecule has 1 saturated heterocycles. The molecule has 10 heteroatoms. The molecule has 0 aromatic heterocycles. The third kappa shape index (κ3) is 5.63. The quantitative estimate of drug-likeness (QED) is 0.709. The molecule has 0 aliphatic carbocycles. The highest BCUT2D eigenvalue weighted by Gasteiger charge is 2.26. The number of carbonyl (C=O) groups is 1. The number of nitrogens with one attached hydrogen (secondary N) is 1. The van der Waals surface area contributed by atoms with Gasteiger partial charge in [-0.1, -0.05) is 11.6 Å². The lowest BCUT2D eigenvalue weighted by atomic mass is 10.1. The molecule has 0 bridgehead atoms. The summed E-state index contributed by atoms with van der Waals surface area (Å²) in [5.74, 6) is -1.36. The van der Waals surface area contributed by atoms with Crippen LogP contribution in [-0.2, 0) is 14.6 Å². The average molecular weight is 462 g/mol. The van der Waals surface area contributed by atoms with Crippen LogP contribution in [0.5, 0.6) is 5.75 Å². The summed E-state index contributed by atoms with van der Waals surface area (Å²) >= 11 is 5.71. The van der Waals surface area contributed by atoms with Crippen molar-refractivity contribution < 1.29 is 27.1 Å². The third-order valence-electron chi connectivity index (χ3n) is 4.43. The number of amides is 1. The highest BCUT2D eigenvalue weighted by Crippen LogP contribution is 2.27. The fourth-order valence-corrected chi connectivity index (χ4v) is 4.77. The van der Waals surface area contributed by atoms with E-state index in [0.29, 0.717) is 19.6 Å². The highest BCUT2D eigenvalue weighted by atomic mass is 35.5. The molecule has 1 heterocycles. The van der Waals surface area contributed by atoms with E-state index in [1.165, 1.54) is 37.4 Å². The van der Waals surface area contributed by atoms with Crippen LogP contribution in [0.4, 0.5) is 10.1 Å². The van der Waals surface area contributed by atoms with Gasteiger partial charge in [0.25, 0.3) is 5.91 Å². The number of benzene rings is 2. The number of halogens is 2. The Labute approximate surface area is 180 Å². The summed E-state index contributed by atoms with van der Waals surface area (Å²) in [6.07, 6.45) is 0.679. The van der Waals surface area contributed by atoms with Crippen LogP contribution in [0.3, 0.4) is 0 Å². The molecule has 2 aromatic rings. The first-order chi connectivity index (χ1) is 13.3. The summed E-state index contributed by atoms with van der Waals surface area (Å²) in [4.78, 5) is 12.7. The molecule has 1 N–H and O–H groups in total. The number of methoxy groups -OCH3 is 1. The Kier molecular flexibility index (Phi) is 7.93. The Bertz CT molecular complexity index is 994. The molecular formula is C19H21ClFNO5S2. The van der Waals surface area contributed by atoms with Gasteiger partial charge in [-0.15, -0.1) is 0 Å². The van der Waals surface area contributed by atoms with Crippen LogP contribution < -0.4 is 10.1 Å². The van der Waals surface area contributed by atoms with Crippen molar-refractivity contribution in [1.82, 2.24) is 0 Å². The van der Waals surface area contributed by atoms with Crippen molar-refractivity contribution in [1.29, 1.82) is 0 Å². The van der Waals surface area contributed by atoms with Crippen LogP contribution in [0.1, 0.15) is 16.8 Å². The molecule has 1 atom stereocenters. The summed E-state index contributed by atoms with van der Waals surface area (Å²) in [5.41, 5.74) is -0.0894. The first-order valence-corrected chi connectivity index (χ1v) is 10.6. The second kappa shape index (κ2) is 9.80. The summed E-state index contributed by atoms with van der Waals surface area (Å²) in [5, 5.41) is 2.60. The molecule has 6 nitrogen and oxygen atoms in total. The Hall–Kier alpha value is -1.81. The zero-order valence-electron chi connectivity index (χ0n) is 15.6. The fourth-order valence-electron chi connectivity index (χ4n) is 2.96. The van der Waals surface area contributed by atoms with Crippen LogP contribution >= 0.6 is 25.1 Å². The molecule has 1 fully saturated rings. The molecule has 0 radical (unpaired) electrons. The van der Waals surface area contributed by atoms with Gasteiger partial charge in [-0.05, 0) is 48.7 Å². The molecule has 158 valence electrons. The SMILES string of the molecule is COc1ccc(S(=O)(=O)C[C@H]2CCOC2)cc1C(=O)Nc1ccc(Cl)cc1F.S. The molecule has 3 rings (SSSR count). The predicted molar refractivity (Wildman–Crippen MR) is 114 cm³/mol. The molecule has 0 unspecified atom stereocenters. The van der Waals surface area contributed by atoms with Gasteiger partial charge in [0.15, 0.2) is 9.84 Å². The fraction of sp³-hybridized carbons (Fsp3) is 0.316. The van der Waals surface area contributed by atoms with Crippen LogP contribution in [-0.4, -0.2) is 40.4 Å². The Morgan fingerprint density at radius 1 is 1.31 bits per heavy atom. The lowest BCUT2D eigenvalue weighted by Gasteiger charge is -2.13. The van der Waals surface area contributed by atoms with E-state index in [-0.39, 0.29) is 52.1 Å². The first-order valence-electron chi connectivity index (χ1n) is 8.55. The Morgan fingerprint density at radius 3 is 2.69 bits per heavy atom. The summed E-state index contributed by atoms with van der Waals surface area (Å²) in [6, 6.07) is 7.87. The maximum Gasteiger partial charge on any atom is 0.259 e. The van der Waals surface area contributed by atoms with E-state index in [1.54, 1.807) is 0 Å². The number of hydrogen-bond acceptors (Lipinski definition) is 5. The molecule has 0 spiro atoms. The van der Waals surface area contributed by atoms with Gasteiger partial charge < -0.3 is 14.8 Å². The van der Waals surface area contributed by atoms with Gasteiger partial charge in [0.2, 0.25) is 0 Å². The zero-order chi connectivity index (χ0) is 20.3. The maximum absolute atomic E-state index is 14.0. The number of hydrogen-bond donors (Lipinski definition) is 1. The summed E-state index contributed by atoms with van der Waals surface area (Å²) in [6.45, 7) is 0.946. The molecule has 1 aliphatic rings. The molecule has 0 saturated carbocycles. The smallest absolute Gasteiger partial charge is 0.259 e. The van der Waals surface area contributed by atoms with E-state index < -0.39 is 21.6 Å². The largest absolute Gasteiger partial charge is 0.496 e. The van der Waals surface area contributed by atoms with Gasteiger partial charge in [-0.2, -0.15) is 13.5 Å². The van der Waals surface area contributed by atoms with Crippen LogP contribution in [0.25, 0.3) is 0 Å². The molecule has 2 aromatic carbocycles. The van der Waals surface area contributed by atoms with Crippen LogP contribution in [0.2, 0.25) is 5.02 Å². The van der Waals surface area contributed by atoms with Crippen molar-refractivity contribution in [3.05, 3.63) is 52.8 Å². The maximum atomic E-state index is 14.0. The predicted octanol–water partition coefficient (Wildman–Crippen LogP) is 3.66. The van der Waals surface area contributed by atoms with E-state index in [4.69, 9.17) is 21.1 Å². The minimum absolute atomic E-state index is 0. The van der Waals surface area contributed by atoms with Crippen molar-refractivity contribution in [3.8, 4) is 5.75 Å². The lowest BCUT2D eigenvalue weighted by molar-refractivity contribution is 0.102. The second-order valence-electron chi connectivity index (χ2n) is 6.45. The van der Waals surface area contributed by atoms with Crippen LogP contribution in [0.15, 0.2) is 41.3 Å². The Morgan fingerprint density at radius 2 is 2.07 bits per heavy atom. The number of ether oxygens (including phenoxy) is 2. The minimum atomic E-state index is -3.62. The van der Waals surface area contributed by atoms with Crippen molar-refractivity contribution in [2.45, 2.75) is 11.3 Å². The van der Waals surface area contributed by atoms with Gasteiger partial charge in [-0.3, -0.25) is 4.79 Å². The van der Waals surface area contributed by atoms with Crippen molar-refractivity contribution in [3.63, 3.8) is 0 Å². The molecule has 29 heavy (non-hydrogen) atoms. The second-order valence-corrected chi connectivity index (χ2v) is 8.92. The average Bonchev–Trinajstić information content (AvgIpc) is 3.15. The van der Waals surface area contributed by atoms with E-state index in [1.807, 2.05) is 0 Å². The molecular weight excluding hydrogens is 441 g/mol. The van der Waals surface area contributed by atoms with E-state index in [0.717, 1.165) is 6.07 Å². The standard InChI is InChI=1S/C19H19ClFNO5S.H2S/c1-26-18-5-3-14(28(24,25)11-12-6-7-27-10-12)9-15(18)19(23)22-17-4-2-13(20)8-16(17)21;/h2-5,8-9,12H,6-7,10-11H2,1H3,(H,22,23);1H2/t12-;/m0./s1. The van der Waals surface area contributed by atoms with Gasteiger partial charge >= 0.3 is 0 Å². The van der Waals surface area contributed by atoms with E-state index in [2.05, 4.69) is 5.32 Å². The van der Waals surface area contributed by atoms with Gasteiger partial charge in [0.1, 0.15) is 11.6 Å². The van der Waals surface area contributed by atoms with Gasteiger partial charge in [-0.25, -0.2) is 12.8 Å². The van der Waals surface area contributed by atoms with E-state index >= 15 is 0 Å².